The van der Waals surface area contributed by atoms with Gasteiger partial charge in [0.15, 0.2) is 0 Å². The van der Waals surface area contributed by atoms with Crippen LogP contribution in [0.5, 0.6) is 0 Å². The van der Waals surface area contributed by atoms with Gasteiger partial charge in [-0.3, -0.25) is 4.79 Å². The minimum Gasteiger partial charge on any atom is -0.382 e. The lowest BCUT2D eigenvalue weighted by molar-refractivity contribution is 0.0725. The monoisotopic (exact) mass is 508 g/mol. The predicted octanol–water partition coefficient (Wildman–Crippen LogP) is 5.00. The second-order valence-electron chi connectivity index (χ2n) is 10.5. The van der Waals surface area contributed by atoms with E-state index in [4.69, 9.17) is 0 Å². The number of aromatic nitrogens is 1. The van der Waals surface area contributed by atoms with Gasteiger partial charge in [-0.05, 0) is 75.1 Å². The Kier molecular flexibility index (Phi) is 7.50. The lowest BCUT2D eigenvalue weighted by Crippen LogP contribution is -2.54. The molecule has 5 rings (SSSR count). The van der Waals surface area contributed by atoms with Crippen molar-refractivity contribution >= 4 is 23.1 Å². The second kappa shape index (κ2) is 11.1. The van der Waals surface area contributed by atoms with E-state index in [1.165, 1.54) is 0 Å². The average Bonchev–Trinajstić information content (AvgIpc) is 2.95. The molecule has 7 nitrogen and oxygen atoms in total. The standard InChI is InChI=1S/C31H36N6O/c1-22-18-23(2)28(34-26-11-14-35(15-12-26)29-9-5-4-8-25(29)20-32)19-27(22)31(38)36-16-17-37(24(3)21-36)30-10-6-7-13-33-30/h4-10,13,18-19,24,26,34H,11-12,14-17,21H2,1-3H3/t24-/m1/s1. The van der Waals surface area contributed by atoms with Crippen LogP contribution in [0.25, 0.3) is 0 Å². The number of benzene rings is 2. The molecule has 2 aliphatic heterocycles. The van der Waals surface area contributed by atoms with Gasteiger partial charge in [-0.1, -0.05) is 24.3 Å². The van der Waals surface area contributed by atoms with Gasteiger partial charge in [-0.2, -0.15) is 5.26 Å². The number of hydrogen-bond acceptors (Lipinski definition) is 6. The van der Waals surface area contributed by atoms with Crippen LogP contribution in [0.15, 0.2) is 60.8 Å². The SMILES string of the molecule is Cc1cc(C)c(C(=O)N2CCN(c3ccccn3)[C@H](C)C2)cc1NC1CCN(c2ccccc2C#N)CC1. The number of para-hydroxylation sites is 1. The molecule has 0 spiro atoms. The van der Waals surface area contributed by atoms with Crippen LogP contribution in [-0.4, -0.2) is 60.6 Å². The van der Waals surface area contributed by atoms with Gasteiger partial charge in [0, 0.05) is 62.3 Å². The molecule has 38 heavy (non-hydrogen) atoms. The minimum atomic E-state index is 0.0981. The van der Waals surface area contributed by atoms with Crippen molar-refractivity contribution in [2.45, 2.75) is 45.7 Å². The lowest BCUT2D eigenvalue weighted by Gasteiger charge is -2.40. The second-order valence-corrected chi connectivity index (χ2v) is 10.5. The fourth-order valence-corrected chi connectivity index (χ4v) is 5.74. The lowest BCUT2D eigenvalue weighted by atomic mass is 9.99. The number of pyridine rings is 1. The van der Waals surface area contributed by atoms with Crippen molar-refractivity contribution in [3.63, 3.8) is 0 Å². The van der Waals surface area contributed by atoms with Crippen LogP contribution < -0.4 is 15.1 Å². The van der Waals surface area contributed by atoms with E-state index in [0.29, 0.717) is 19.1 Å². The molecule has 1 aromatic heterocycles. The molecule has 1 N–H and O–H groups in total. The minimum absolute atomic E-state index is 0.0981. The molecule has 0 radical (unpaired) electrons. The maximum absolute atomic E-state index is 13.7. The van der Waals surface area contributed by atoms with Crippen LogP contribution in [0.1, 0.15) is 46.8 Å². The van der Waals surface area contributed by atoms with Crippen LogP contribution in [-0.2, 0) is 0 Å². The molecule has 1 amide bonds. The third-order valence-electron chi connectivity index (χ3n) is 7.88. The number of anilines is 3. The first-order valence-electron chi connectivity index (χ1n) is 13.5. The first kappa shape index (κ1) is 25.6. The zero-order valence-corrected chi connectivity index (χ0v) is 22.5. The number of nitrogens with zero attached hydrogens (tertiary/aromatic N) is 5. The number of rotatable bonds is 5. The molecule has 3 aromatic rings. The van der Waals surface area contributed by atoms with E-state index in [-0.39, 0.29) is 11.9 Å². The fraction of sp³-hybridized carbons (Fsp3) is 0.387. The number of carbonyl (C=O) groups excluding carboxylic acids is 1. The molecule has 3 heterocycles. The number of carbonyl (C=O) groups is 1. The molecule has 0 bridgehead atoms. The van der Waals surface area contributed by atoms with Crippen molar-refractivity contribution in [3.8, 4) is 6.07 Å². The number of piperazine rings is 1. The van der Waals surface area contributed by atoms with Gasteiger partial charge in [0.25, 0.3) is 5.91 Å². The van der Waals surface area contributed by atoms with Crippen LogP contribution in [0.4, 0.5) is 17.2 Å². The molecule has 0 unspecified atom stereocenters. The first-order valence-corrected chi connectivity index (χ1v) is 13.5. The third kappa shape index (κ3) is 5.31. The summed E-state index contributed by atoms with van der Waals surface area (Å²) in [5.41, 5.74) is 5.73. The molecule has 7 heteroatoms. The molecule has 196 valence electrons. The molecule has 1 atom stereocenters. The van der Waals surface area contributed by atoms with E-state index in [9.17, 15) is 10.1 Å². The highest BCUT2D eigenvalue weighted by molar-refractivity contribution is 5.97. The molecule has 2 fully saturated rings. The molecular formula is C31H36N6O. The summed E-state index contributed by atoms with van der Waals surface area (Å²) in [5.74, 6) is 1.06. The van der Waals surface area contributed by atoms with E-state index in [1.54, 1.807) is 0 Å². The highest BCUT2D eigenvalue weighted by atomic mass is 16.2. The van der Waals surface area contributed by atoms with Gasteiger partial charge in [0.2, 0.25) is 0 Å². The van der Waals surface area contributed by atoms with Crippen molar-refractivity contribution < 1.29 is 4.79 Å². The average molecular weight is 509 g/mol. The molecule has 0 saturated carbocycles. The Balaban J connectivity index is 1.24. The van der Waals surface area contributed by atoms with Crippen LogP contribution in [0.3, 0.4) is 0 Å². The Labute approximate surface area is 225 Å². The first-order chi connectivity index (χ1) is 18.4. The summed E-state index contributed by atoms with van der Waals surface area (Å²) < 4.78 is 0. The van der Waals surface area contributed by atoms with Gasteiger partial charge in [0.1, 0.15) is 11.9 Å². The highest BCUT2D eigenvalue weighted by Crippen LogP contribution is 2.28. The summed E-state index contributed by atoms with van der Waals surface area (Å²) >= 11 is 0. The Morgan fingerprint density at radius 1 is 1.00 bits per heavy atom. The summed E-state index contributed by atoms with van der Waals surface area (Å²) in [5, 5.41) is 13.2. The predicted molar refractivity (Wildman–Crippen MR) is 153 cm³/mol. The number of aryl methyl sites for hydroxylation is 2. The van der Waals surface area contributed by atoms with Crippen LogP contribution in [0.2, 0.25) is 0 Å². The summed E-state index contributed by atoms with van der Waals surface area (Å²) in [6.45, 7) is 10.2. The Morgan fingerprint density at radius 2 is 1.76 bits per heavy atom. The van der Waals surface area contributed by atoms with E-state index < -0.39 is 0 Å². The van der Waals surface area contributed by atoms with Crippen molar-refractivity contribution in [1.82, 2.24) is 9.88 Å². The quantitative estimate of drug-likeness (QED) is 0.523. The third-order valence-corrected chi connectivity index (χ3v) is 7.88. The van der Waals surface area contributed by atoms with Crippen molar-refractivity contribution in [2.75, 3.05) is 47.8 Å². The number of hydrogen-bond donors (Lipinski definition) is 1. The molecule has 2 saturated heterocycles. The maximum atomic E-state index is 13.7. The van der Waals surface area contributed by atoms with Crippen molar-refractivity contribution in [1.29, 1.82) is 5.26 Å². The van der Waals surface area contributed by atoms with Gasteiger partial charge in [-0.25, -0.2) is 4.98 Å². The summed E-state index contributed by atoms with van der Waals surface area (Å²) in [7, 11) is 0. The number of amides is 1. The smallest absolute Gasteiger partial charge is 0.254 e. The van der Waals surface area contributed by atoms with Gasteiger partial charge >= 0.3 is 0 Å². The van der Waals surface area contributed by atoms with Gasteiger partial charge in [-0.15, -0.1) is 0 Å². The topological polar surface area (TPSA) is 75.5 Å². The van der Waals surface area contributed by atoms with E-state index in [1.807, 2.05) is 60.5 Å². The van der Waals surface area contributed by atoms with Crippen molar-refractivity contribution in [3.05, 3.63) is 83.0 Å². The zero-order valence-electron chi connectivity index (χ0n) is 22.5. The Hall–Kier alpha value is -4.05. The molecular weight excluding hydrogens is 472 g/mol. The maximum Gasteiger partial charge on any atom is 0.254 e. The summed E-state index contributed by atoms with van der Waals surface area (Å²) in [6, 6.07) is 20.8. The molecule has 2 aromatic carbocycles. The molecule has 2 aliphatic rings. The largest absolute Gasteiger partial charge is 0.382 e. The van der Waals surface area contributed by atoms with Gasteiger partial charge in [0.05, 0.1) is 11.3 Å². The molecule has 0 aliphatic carbocycles. The number of piperidine rings is 1. The normalized spacial score (nSPS) is 18.3. The van der Waals surface area contributed by atoms with E-state index in [2.05, 4.69) is 52.2 Å². The van der Waals surface area contributed by atoms with Crippen LogP contribution in [0, 0.1) is 25.2 Å². The number of nitrogens with one attached hydrogen (secondary N) is 1. The van der Waals surface area contributed by atoms with E-state index in [0.717, 1.165) is 71.9 Å². The van der Waals surface area contributed by atoms with Gasteiger partial charge < -0.3 is 20.0 Å². The summed E-state index contributed by atoms with van der Waals surface area (Å²) in [6.07, 6.45) is 3.77. The summed E-state index contributed by atoms with van der Waals surface area (Å²) in [4.78, 5) is 24.7. The fourth-order valence-electron chi connectivity index (χ4n) is 5.74. The van der Waals surface area contributed by atoms with Crippen LogP contribution >= 0.6 is 0 Å². The Bertz CT molecular complexity index is 1330. The van der Waals surface area contributed by atoms with E-state index >= 15 is 0 Å². The van der Waals surface area contributed by atoms with Crippen molar-refractivity contribution in [2.24, 2.45) is 0 Å². The Morgan fingerprint density at radius 3 is 2.47 bits per heavy atom. The number of nitriles is 1. The zero-order chi connectivity index (χ0) is 26.6. The highest BCUT2D eigenvalue weighted by Gasteiger charge is 2.29.